The normalized spacial score (nSPS) is 14.3. The lowest BCUT2D eigenvalue weighted by Crippen LogP contribution is -2.47. The second-order valence-corrected chi connectivity index (χ2v) is 9.77. The monoisotopic (exact) mass is 500 g/mol. The van der Waals surface area contributed by atoms with E-state index in [1.165, 1.54) is 11.3 Å². The number of hydrogen-bond donors (Lipinski definition) is 3. The number of anilines is 4. The predicted octanol–water partition coefficient (Wildman–Crippen LogP) is 4.23. The SMILES string of the molecule is Cc1cccc(Cl)c1NC(=O)c1cnc(Nc2cc(N3CCN(CCO)CC3)c(C)c(C)n2)s1. The van der Waals surface area contributed by atoms with Crippen LogP contribution in [0.15, 0.2) is 30.5 Å². The van der Waals surface area contributed by atoms with Gasteiger partial charge in [0.05, 0.1) is 23.5 Å². The number of aryl methyl sites for hydroxylation is 2. The van der Waals surface area contributed by atoms with Gasteiger partial charge in [-0.15, -0.1) is 0 Å². The molecule has 2 aromatic heterocycles. The van der Waals surface area contributed by atoms with Crippen LogP contribution in [0.25, 0.3) is 0 Å². The molecule has 0 radical (unpaired) electrons. The van der Waals surface area contributed by atoms with Gasteiger partial charge in [-0.3, -0.25) is 9.69 Å². The van der Waals surface area contributed by atoms with Crippen LogP contribution in [0.3, 0.4) is 0 Å². The molecule has 0 atom stereocenters. The van der Waals surface area contributed by atoms with E-state index in [4.69, 9.17) is 11.6 Å². The lowest BCUT2D eigenvalue weighted by Gasteiger charge is -2.36. The molecule has 1 fully saturated rings. The second kappa shape index (κ2) is 10.7. The third-order valence-corrected chi connectivity index (χ3v) is 7.27. The Morgan fingerprint density at radius 3 is 2.68 bits per heavy atom. The Morgan fingerprint density at radius 1 is 1.21 bits per heavy atom. The summed E-state index contributed by atoms with van der Waals surface area (Å²) in [5, 5.41) is 16.4. The second-order valence-electron chi connectivity index (χ2n) is 8.33. The van der Waals surface area contributed by atoms with Crippen molar-refractivity contribution in [2.45, 2.75) is 20.8 Å². The van der Waals surface area contributed by atoms with Gasteiger partial charge in [-0.1, -0.05) is 35.1 Å². The quantitative estimate of drug-likeness (QED) is 0.447. The summed E-state index contributed by atoms with van der Waals surface area (Å²) in [5.41, 5.74) is 4.74. The maximum absolute atomic E-state index is 12.7. The molecule has 4 rings (SSSR count). The van der Waals surface area contributed by atoms with Crippen LogP contribution in [-0.2, 0) is 0 Å². The number of carbonyl (C=O) groups excluding carboxylic acids is 1. The maximum Gasteiger partial charge on any atom is 0.267 e. The van der Waals surface area contributed by atoms with E-state index < -0.39 is 0 Å². The Balaban J connectivity index is 1.47. The number of aromatic nitrogens is 2. The Labute approximate surface area is 208 Å². The number of piperazine rings is 1. The van der Waals surface area contributed by atoms with E-state index in [1.807, 2.05) is 32.0 Å². The first-order chi connectivity index (χ1) is 16.4. The minimum Gasteiger partial charge on any atom is -0.395 e. The molecule has 0 spiro atoms. The number of amides is 1. The van der Waals surface area contributed by atoms with Gasteiger partial charge >= 0.3 is 0 Å². The zero-order chi connectivity index (χ0) is 24.2. The molecule has 1 aromatic carbocycles. The molecule has 0 bridgehead atoms. The van der Waals surface area contributed by atoms with Gasteiger partial charge in [0.15, 0.2) is 5.13 Å². The van der Waals surface area contributed by atoms with Crippen LogP contribution in [-0.4, -0.2) is 65.2 Å². The zero-order valence-electron chi connectivity index (χ0n) is 19.6. The number of carbonyl (C=O) groups is 1. The summed E-state index contributed by atoms with van der Waals surface area (Å²) in [5.74, 6) is 0.440. The van der Waals surface area contributed by atoms with Crippen LogP contribution in [0.2, 0.25) is 5.02 Å². The third-order valence-electron chi connectivity index (χ3n) is 6.04. The fourth-order valence-electron chi connectivity index (χ4n) is 3.98. The van der Waals surface area contributed by atoms with Gasteiger partial charge in [0.2, 0.25) is 0 Å². The van der Waals surface area contributed by atoms with Crippen LogP contribution in [0, 0.1) is 20.8 Å². The van der Waals surface area contributed by atoms with Crippen molar-refractivity contribution in [2.24, 2.45) is 0 Å². The van der Waals surface area contributed by atoms with Crippen LogP contribution in [0.5, 0.6) is 0 Å². The summed E-state index contributed by atoms with van der Waals surface area (Å²) < 4.78 is 0. The van der Waals surface area contributed by atoms with Crippen molar-refractivity contribution in [3.05, 3.63) is 57.2 Å². The van der Waals surface area contributed by atoms with Crippen molar-refractivity contribution in [1.29, 1.82) is 0 Å². The minimum absolute atomic E-state index is 0.188. The first-order valence-electron chi connectivity index (χ1n) is 11.2. The van der Waals surface area contributed by atoms with Gasteiger partial charge in [-0.05, 0) is 38.0 Å². The van der Waals surface area contributed by atoms with Crippen molar-refractivity contribution in [3.63, 3.8) is 0 Å². The van der Waals surface area contributed by atoms with Crippen LogP contribution < -0.4 is 15.5 Å². The van der Waals surface area contributed by atoms with Gasteiger partial charge in [0.25, 0.3) is 5.91 Å². The first-order valence-corrected chi connectivity index (χ1v) is 12.4. The van der Waals surface area contributed by atoms with Crippen molar-refractivity contribution in [1.82, 2.24) is 14.9 Å². The smallest absolute Gasteiger partial charge is 0.267 e. The Hall–Kier alpha value is -2.72. The standard InChI is InChI=1S/C24H29ClN6O2S/c1-15-5-4-6-18(25)22(15)29-23(33)20-14-26-24(34-20)28-21-13-19(16(2)17(3)27-21)31-9-7-30(8-10-31)11-12-32/h4-6,13-14,32H,7-12H2,1-3H3,(H,29,33)(H,26,27,28). The molecule has 0 saturated carbocycles. The number of para-hydroxylation sites is 1. The van der Waals surface area contributed by atoms with Gasteiger partial charge in [0.1, 0.15) is 10.7 Å². The highest BCUT2D eigenvalue weighted by Gasteiger charge is 2.20. The van der Waals surface area contributed by atoms with E-state index >= 15 is 0 Å². The summed E-state index contributed by atoms with van der Waals surface area (Å²) in [6, 6.07) is 7.54. The van der Waals surface area contributed by atoms with Gasteiger partial charge in [-0.25, -0.2) is 9.97 Å². The molecule has 3 aromatic rings. The number of aliphatic hydroxyl groups excluding tert-OH is 1. The number of rotatable bonds is 7. The molecule has 8 nitrogen and oxygen atoms in total. The number of nitrogens with one attached hydrogen (secondary N) is 2. The molecule has 10 heteroatoms. The summed E-state index contributed by atoms with van der Waals surface area (Å²) in [6.45, 7) is 10.5. The summed E-state index contributed by atoms with van der Waals surface area (Å²) in [7, 11) is 0. The average molecular weight is 501 g/mol. The summed E-state index contributed by atoms with van der Waals surface area (Å²) >= 11 is 7.50. The number of pyridine rings is 1. The lowest BCUT2D eigenvalue weighted by atomic mass is 10.1. The van der Waals surface area contributed by atoms with E-state index in [0.29, 0.717) is 33.1 Å². The van der Waals surface area contributed by atoms with E-state index in [2.05, 4.69) is 37.3 Å². The number of nitrogens with zero attached hydrogens (tertiary/aromatic N) is 4. The fraction of sp³-hybridized carbons (Fsp3) is 0.375. The lowest BCUT2D eigenvalue weighted by molar-refractivity contribution is 0.103. The zero-order valence-corrected chi connectivity index (χ0v) is 21.1. The van der Waals surface area contributed by atoms with Crippen molar-refractivity contribution < 1.29 is 9.90 Å². The number of hydrogen-bond acceptors (Lipinski definition) is 8. The fourth-order valence-corrected chi connectivity index (χ4v) is 4.97. The van der Waals surface area contributed by atoms with E-state index in [1.54, 1.807) is 12.3 Å². The van der Waals surface area contributed by atoms with Crippen molar-refractivity contribution in [3.8, 4) is 0 Å². The topological polar surface area (TPSA) is 93.6 Å². The number of thiazole rings is 1. The van der Waals surface area contributed by atoms with Crippen molar-refractivity contribution >= 4 is 51.2 Å². The first kappa shape index (κ1) is 24.4. The molecule has 1 aliphatic heterocycles. The van der Waals surface area contributed by atoms with Crippen LogP contribution in [0.4, 0.5) is 22.3 Å². The van der Waals surface area contributed by atoms with Crippen LogP contribution in [0.1, 0.15) is 26.5 Å². The van der Waals surface area contributed by atoms with E-state index in [-0.39, 0.29) is 12.5 Å². The third kappa shape index (κ3) is 5.50. The highest BCUT2D eigenvalue weighted by atomic mass is 35.5. The molecule has 3 N–H and O–H groups in total. The summed E-state index contributed by atoms with van der Waals surface area (Å²) in [6.07, 6.45) is 1.55. The van der Waals surface area contributed by atoms with Crippen molar-refractivity contribution in [2.75, 3.05) is 54.9 Å². The molecule has 180 valence electrons. The van der Waals surface area contributed by atoms with E-state index in [0.717, 1.165) is 48.7 Å². The molecular formula is C24H29ClN6O2S. The summed E-state index contributed by atoms with van der Waals surface area (Å²) in [4.78, 5) is 26.9. The minimum atomic E-state index is -0.253. The molecule has 3 heterocycles. The largest absolute Gasteiger partial charge is 0.395 e. The average Bonchev–Trinajstić information content (AvgIpc) is 3.28. The van der Waals surface area contributed by atoms with Gasteiger partial charge in [0, 0.05) is 50.2 Å². The Kier molecular flexibility index (Phi) is 7.67. The number of benzene rings is 1. The number of β-amino-alcohol motifs (C(OH)–C–C–N with tert-alkyl or cyclic N) is 1. The molecule has 1 aliphatic rings. The van der Waals surface area contributed by atoms with Gasteiger partial charge < -0.3 is 20.6 Å². The van der Waals surface area contributed by atoms with E-state index in [9.17, 15) is 9.90 Å². The predicted molar refractivity (Wildman–Crippen MR) is 139 cm³/mol. The molecule has 0 unspecified atom stereocenters. The number of aliphatic hydroxyl groups is 1. The maximum atomic E-state index is 12.7. The highest BCUT2D eigenvalue weighted by Crippen LogP contribution is 2.30. The molecule has 0 aliphatic carbocycles. The molecule has 34 heavy (non-hydrogen) atoms. The Morgan fingerprint density at radius 2 is 1.97 bits per heavy atom. The highest BCUT2D eigenvalue weighted by molar-refractivity contribution is 7.17. The molecular weight excluding hydrogens is 472 g/mol. The molecule has 1 saturated heterocycles. The number of halogens is 1. The Bertz CT molecular complexity index is 1160. The van der Waals surface area contributed by atoms with Gasteiger partial charge in [-0.2, -0.15) is 0 Å². The molecule has 1 amide bonds. The van der Waals surface area contributed by atoms with Crippen LogP contribution >= 0.6 is 22.9 Å².